The molecule has 0 spiro atoms. The first-order valence-electron chi connectivity index (χ1n) is 6.06. The molecule has 1 N–H and O–H groups in total. The fourth-order valence-corrected chi connectivity index (χ4v) is 3.93. The molecule has 4 heteroatoms. The summed E-state index contributed by atoms with van der Waals surface area (Å²) in [5.41, 5.74) is 2.29. The molecule has 1 aliphatic rings. The third-order valence-electron chi connectivity index (χ3n) is 3.28. The van der Waals surface area contributed by atoms with Crippen LogP contribution in [0.1, 0.15) is 17.5 Å². The van der Waals surface area contributed by atoms with E-state index < -0.39 is 9.84 Å². The summed E-state index contributed by atoms with van der Waals surface area (Å²) in [6, 6.07) is 8.06. The molecule has 1 aromatic carbocycles. The molecule has 0 aromatic heterocycles. The average molecular weight is 253 g/mol. The van der Waals surface area contributed by atoms with Crippen molar-refractivity contribution in [2.75, 3.05) is 18.8 Å². The Morgan fingerprint density at radius 3 is 2.88 bits per heavy atom. The second kappa shape index (κ2) is 5.19. The van der Waals surface area contributed by atoms with Gasteiger partial charge in [0.1, 0.15) is 0 Å². The van der Waals surface area contributed by atoms with Gasteiger partial charge >= 0.3 is 0 Å². The highest BCUT2D eigenvalue weighted by Crippen LogP contribution is 2.13. The van der Waals surface area contributed by atoms with Gasteiger partial charge in [-0.1, -0.05) is 29.8 Å². The number of rotatable bonds is 4. The van der Waals surface area contributed by atoms with Crippen molar-refractivity contribution in [3.05, 3.63) is 35.4 Å². The van der Waals surface area contributed by atoms with Gasteiger partial charge in [-0.05, 0) is 31.9 Å². The van der Waals surface area contributed by atoms with Crippen LogP contribution in [0.2, 0.25) is 0 Å². The molecule has 3 nitrogen and oxygen atoms in total. The third-order valence-corrected chi connectivity index (χ3v) is 5.47. The molecule has 1 saturated heterocycles. The molecule has 1 unspecified atom stereocenters. The maximum absolute atomic E-state index is 12.1. The first-order chi connectivity index (χ1) is 8.08. The lowest BCUT2D eigenvalue weighted by molar-refractivity contribution is 0.582. The lowest BCUT2D eigenvalue weighted by atomic mass is 10.1. The Morgan fingerprint density at radius 1 is 1.41 bits per heavy atom. The Kier molecular flexibility index (Phi) is 3.84. The predicted octanol–water partition coefficient (Wildman–Crippen LogP) is 1.31. The van der Waals surface area contributed by atoms with Gasteiger partial charge in [0.15, 0.2) is 9.84 Å². The van der Waals surface area contributed by atoms with Crippen LogP contribution < -0.4 is 5.32 Å². The van der Waals surface area contributed by atoms with Crippen molar-refractivity contribution >= 4 is 9.84 Å². The van der Waals surface area contributed by atoms with Gasteiger partial charge in [0.2, 0.25) is 0 Å². The van der Waals surface area contributed by atoms with Crippen LogP contribution in [0.4, 0.5) is 0 Å². The van der Waals surface area contributed by atoms with Gasteiger partial charge in [0.25, 0.3) is 0 Å². The van der Waals surface area contributed by atoms with Crippen molar-refractivity contribution in [2.45, 2.75) is 25.0 Å². The Morgan fingerprint density at radius 2 is 2.24 bits per heavy atom. The van der Waals surface area contributed by atoms with Gasteiger partial charge in [-0.25, -0.2) is 8.42 Å². The summed E-state index contributed by atoms with van der Waals surface area (Å²) < 4.78 is 24.1. The van der Waals surface area contributed by atoms with Gasteiger partial charge in [0, 0.05) is 6.54 Å². The standard InChI is InChI=1S/C13H19NO2S/c1-11-3-2-4-12(9-11)6-8-17(15,16)13-5-7-14-10-13/h2-4,9,13-14H,5-8,10H2,1H3. The number of sulfone groups is 1. The monoisotopic (exact) mass is 253 g/mol. The molecule has 0 bridgehead atoms. The average Bonchev–Trinajstić information content (AvgIpc) is 2.81. The van der Waals surface area contributed by atoms with Crippen molar-refractivity contribution in [2.24, 2.45) is 0 Å². The van der Waals surface area contributed by atoms with Crippen LogP contribution in [-0.4, -0.2) is 32.5 Å². The van der Waals surface area contributed by atoms with Gasteiger partial charge < -0.3 is 5.32 Å². The zero-order valence-corrected chi connectivity index (χ0v) is 11.0. The minimum Gasteiger partial charge on any atom is -0.315 e. The molecule has 1 heterocycles. The Labute approximate surface area is 103 Å². The van der Waals surface area contributed by atoms with E-state index in [9.17, 15) is 8.42 Å². The Hall–Kier alpha value is -0.870. The fourth-order valence-electron chi connectivity index (χ4n) is 2.23. The molecule has 0 amide bonds. The number of nitrogens with one attached hydrogen (secondary N) is 1. The molecule has 1 aromatic rings. The van der Waals surface area contributed by atoms with Crippen LogP contribution in [0.3, 0.4) is 0 Å². The summed E-state index contributed by atoms with van der Waals surface area (Å²) in [7, 11) is -2.93. The van der Waals surface area contributed by atoms with Crippen LogP contribution in [0.25, 0.3) is 0 Å². The number of hydrogen-bond acceptors (Lipinski definition) is 3. The van der Waals surface area contributed by atoms with Crippen LogP contribution in [0, 0.1) is 6.92 Å². The first-order valence-corrected chi connectivity index (χ1v) is 7.77. The Balaban J connectivity index is 1.97. The van der Waals surface area contributed by atoms with Gasteiger partial charge in [-0.15, -0.1) is 0 Å². The van der Waals surface area contributed by atoms with E-state index in [1.807, 2.05) is 25.1 Å². The van der Waals surface area contributed by atoms with Crippen molar-refractivity contribution in [1.82, 2.24) is 5.32 Å². The van der Waals surface area contributed by atoms with Crippen molar-refractivity contribution in [1.29, 1.82) is 0 Å². The summed E-state index contributed by atoms with van der Waals surface area (Å²) in [5.74, 6) is 0.267. The van der Waals surface area contributed by atoms with Gasteiger partial charge in [-0.2, -0.15) is 0 Å². The molecule has 0 saturated carbocycles. The first kappa shape index (κ1) is 12.6. The van der Waals surface area contributed by atoms with E-state index in [0.29, 0.717) is 13.0 Å². The van der Waals surface area contributed by atoms with E-state index >= 15 is 0 Å². The lowest BCUT2D eigenvalue weighted by Gasteiger charge is -2.10. The number of benzene rings is 1. The highest BCUT2D eigenvalue weighted by atomic mass is 32.2. The smallest absolute Gasteiger partial charge is 0.154 e. The van der Waals surface area contributed by atoms with Crippen LogP contribution in [-0.2, 0) is 16.3 Å². The molecule has 1 atom stereocenters. The normalized spacial score (nSPS) is 20.6. The third kappa shape index (κ3) is 3.30. The van der Waals surface area contributed by atoms with Crippen LogP contribution >= 0.6 is 0 Å². The zero-order valence-electron chi connectivity index (χ0n) is 10.1. The molecule has 0 aliphatic carbocycles. The minimum atomic E-state index is -2.93. The number of hydrogen-bond donors (Lipinski definition) is 1. The maximum atomic E-state index is 12.1. The molecule has 1 aliphatic heterocycles. The summed E-state index contributed by atoms with van der Waals surface area (Å²) in [6.45, 7) is 3.48. The summed E-state index contributed by atoms with van der Waals surface area (Å²) >= 11 is 0. The lowest BCUT2D eigenvalue weighted by Crippen LogP contribution is -2.27. The van der Waals surface area contributed by atoms with E-state index in [1.165, 1.54) is 5.56 Å². The van der Waals surface area contributed by atoms with E-state index in [-0.39, 0.29) is 11.0 Å². The van der Waals surface area contributed by atoms with Crippen molar-refractivity contribution < 1.29 is 8.42 Å². The SMILES string of the molecule is Cc1cccc(CCS(=O)(=O)C2CCNC2)c1. The summed E-state index contributed by atoms with van der Waals surface area (Å²) in [4.78, 5) is 0. The number of aryl methyl sites for hydroxylation is 2. The van der Waals surface area contributed by atoms with E-state index in [4.69, 9.17) is 0 Å². The molecule has 17 heavy (non-hydrogen) atoms. The molecular weight excluding hydrogens is 234 g/mol. The topological polar surface area (TPSA) is 46.2 Å². The minimum absolute atomic E-state index is 0.174. The highest BCUT2D eigenvalue weighted by molar-refractivity contribution is 7.92. The molecule has 1 fully saturated rings. The van der Waals surface area contributed by atoms with Gasteiger partial charge in [0.05, 0.1) is 11.0 Å². The van der Waals surface area contributed by atoms with Crippen LogP contribution in [0.5, 0.6) is 0 Å². The molecule has 2 rings (SSSR count). The summed E-state index contributed by atoms with van der Waals surface area (Å²) in [6.07, 6.45) is 1.39. The Bertz CT molecular complexity index is 476. The molecular formula is C13H19NO2S. The summed E-state index contributed by atoms with van der Waals surface area (Å²) in [5, 5.41) is 2.93. The highest BCUT2D eigenvalue weighted by Gasteiger charge is 2.27. The largest absolute Gasteiger partial charge is 0.315 e. The quantitative estimate of drug-likeness (QED) is 0.880. The van der Waals surface area contributed by atoms with E-state index in [2.05, 4.69) is 11.4 Å². The van der Waals surface area contributed by atoms with Crippen molar-refractivity contribution in [3.8, 4) is 0 Å². The predicted molar refractivity (Wildman–Crippen MR) is 69.9 cm³/mol. The van der Waals surface area contributed by atoms with E-state index in [1.54, 1.807) is 0 Å². The second-order valence-electron chi connectivity index (χ2n) is 4.72. The second-order valence-corrected chi connectivity index (χ2v) is 7.12. The molecule has 94 valence electrons. The fraction of sp³-hybridized carbons (Fsp3) is 0.538. The van der Waals surface area contributed by atoms with Gasteiger partial charge in [-0.3, -0.25) is 0 Å². The molecule has 0 radical (unpaired) electrons. The van der Waals surface area contributed by atoms with Crippen LogP contribution in [0.15, 0.2) is 24.3 Å². The van der Waals surface area contributed by atoms with Crippen molar-refractivity contribution in [3.63, 3.8) is 0 Å². The maximum Gasteiger partial charge on any atom is 0.154 e. The zero-order chi connectivity index (χ0) is 12.3. The van der Waals surface area contributed by atoms with E-state index in [0.717, 1.165) is 18.5 Å².